The Morgan fingerprint density at radius 3 is 2.52 bits per heavy atom. The van der Waals surface area contributed by atoms with Crippen molar-refractivity contribution in [2.45, 2.75) is 26.3 Å². The van der Waals surface area contributed by atoms with Gasteiger partial charge in [0, 0.05) is 12.6 Å². The first-order valence-electron chi connectivity index (χ1n) is 7.73. The van der Waals surface area contributed by atoms with Crippen molar-refractivity contribution in [1.82, 2.24) is 15.4 Å². The standard InChI is InChI=1S/C17H24N4O2/c1-5-13-6-8-14(9-7-13)15(21(3)4)11-18-17(22)19-16-10-12(2)23-20-16/h6-10,15H,5,11H2,1-4H3,(H2,18,19,20,22). The van der Waals surface area contributed by atoms with Gasteiger partial charge in [0.15, 0.2) is 5.82 Å². The van der Waals surface area contributed by atoms with Gasteiger partial charge in [0.05, 0.1) is 6.04 Å². The lowest BCUT2D eigenvalue weighted by atomic mass is 10.0. The number of urea groups is 1. The fraction of sp³-hybridized carbons (Fsp3) is 0.412. The first-order valence-corrected chi connectivity index (χ1v) is 7.73. The molecular formula is C17H24N4O2. The molecule has 0 aliphatic heterocycles. The van der Waals surface area contributed by atoms with Gasteiger partial charge in [0.1, 0.15) is 5.76 Å². The number of nitrogens with zero attached hydrogens (tertiary/aromatic N) is 2. The highest BCUT2D eigenvalue weighted by Gasteiger charge is 2.15. The maximum atomic E-state index is 12.0. The van der Waals surface area contributed by atoms with Gasteiger partial charge in [0.2, 0.25) is 0 Å². The monoisotopic (exact) mass is 316 g/mol. The van der Waals surface area contributed by atoms with E-state index in [9.17, 15) is 4.79 Å². The number of aryl methyl sites for hydroxylation is 2. The van der Waals surface area contributed by atoms with Gasteiger partial charge >= 0.3 is 6.03 Å². The van der Waals surface area contributed by atoms with E-state index < -0.39 is 0 Å². The predicted molar refractivity (Wildman–Crippen MR) is 90.5 cm³/mol. The van der Waals surface area contributed by atoms with Gasteiger partial charge in [0.25, 0.3) is 0 Å². The maximum Gasteiger partial charge on any atom is 0.320 e. The Balaban J connectivity index is 1.94. The number of carbonyl (C=O) groups is 1. The Labute approximate surface area is 136 Å². The van der Waals surface area contributed by atoms with E-state index in [0.717, 1.165) is 6.42 Å². The molecule has 6 nitrogen and oxygen atoms in total. The van der Waals surface area contributed by atoms with Gasteiger partial charge in [-0.3, -0.25) is 5.32 Å². The van der Waals surface area contributed by atoms with Crippen LogP contribution in [0.4, 0.5) is 10.6 Å². The number of benzene rings is 1. The minimum absolute atomic E-state index is 0.103. The second-order valence-corrected chi connectivity index (χ2v) is 5.73. The molecule has 0 fully saturated rings. The Kier molecular flexibility index (Phi) is 5.76. The van der Waals surface area contributed by atoms with Crippen molar-refractivity contribution in [2.75, 3.05) is 26.0 Å². The molecular weight excluding hydrogens is 292 g/mol. The van der Waals surface area contributed by atoms with Gasteiger partial charge in [-0.15, -0.1) is 0 Å². The van der Waals surface area contributed by atoms with Crippen LogP contribution in [0.3, 0.4) is 0 Å². The molecule has 2 amide bonds. The first-order chi connectivity index (χ1) is 11.0. The maximum absolute atomic E-state index is 12.0. The second kappa shape index (κ2) is 7.78. The van der Waals surface area contributed by atoms with E-state index in [4.69, 9.17) is 4.52 Å². The zero-order valence-corrected chi connectivity index (χ0v) is 14.1. The van der Waals surface area contributed by atoms with E-state index in [-0.39, 0.29) is 12.1 Å². The van der Waals surface area contributed by atoms with E-state index in [1.807, 2.05) is 14.1 Å². The van der Waals surface area contributed by atoms with Crippen molar-refractivity contribution in [3.63, 3.8) is 0 Å². The molecule has 0 saturated carbocycles. The third-order valence-corrected chi connectivity index (χ3v) is 3.72. The van der Waals surface area contributed by atoms with Crippen LogP contribution in [0.1, 0.15) is 29.9 Å². The van der Waals surface area contributed by atoms with Gasteiger partial charge in [-0.1, -0.05) is 36.3 Å². The summed E-state index contributed by atoms with van der Waals surface area (Å²) in [6.07, 6.45) is 1.02. The van der Waals surface area contributed by atoms with Crippen molar-refractivity contribution < 1.29 is 9.32 Å². The van der Waals surface area contributed by atoms with E-state index in [1.165, 1.54) is 11.1 Å². The van der Waals surface area contributed by atoms with E-state index in [1.54, 1.807) is 13.0 Å². The number of nitrogens with one attached hydrogen (secondary N) is 2. The van der Waals surface area contributed by atoms with Crippen LogP contribution in [-0.4, -0.2) is 36.7 Å². The average Bonchev–Trinajstić information content (AvgIpc) is 2.92. The number of hydrogen-bond acceptors (Lipinski definition) is 4. The summed E-state index contributed by atoms with van der Waals surface area (Å²) in [5.74, 6) is 1.07. The molecule has 0 aliphatic rings. The zero-order chi connectivity index (χ0) is 16.8. The van der Waals surface area contributed by atoms with Gasteiger partial charge in [-0.25, -0.2) is 4.79 Å². The van der Waals surface area contributed by atoms with Crippen LogP contribution in [0.5, 0.6) is 0 Å². The van der Waals surface area contributed by atoms with E-state index in [2.05, 4.69) is 51.9 Å². The highest BCUT2D eigenvalue weighted by molar-refractivity contribution is 5.88. The summed E-state index contributed by atoms with van der Waals surface area (Å²) in [6, 6.07) is 9.97. The molecule has 0 spiro atoms. The molecule has 23 heavy (non-hydrogen) atoms. The topological polar surface area (TPSA) is 70.4 Å². The van der Waals surface area contributed by atoms with Crippen LogP contribution in [0, 0.1) is 6.92 Å². The molecule has 0 saturated heterocycles. The Morgan fingerprint density at radius 1 is 1.30 bits per heavy atom. The summed E-state index contributed by atoms with van der Waals surface area (Å²) in [5.41, 5.74) is 2.48. The fourth-order valence-corrected chi connectivity index (χ4v) is 2.35. The SMILES string of the molecule is CCc1ccc(C(CNC(=O)Nc2cc(C)on2)N(C)C)cc1. The molecule has 2 aromatic rings. The normalized spacial score (nSPS) is 12.2. The molecule has 1 heterocycles. The highest BCUT2D eigenvalue weighted by atomic mass is 16.5. The number of rotatable bonds is 6. The highest BCUT2D eigenvalue weighted by Crippen LogP contribution is 2.18. The molecule has 2 N–H and O–H groups in total. The van der Waals surface area contributed by atoms with Crippen molar-refractivity contribution >= 4 is 11.8 Å². The third-order valence-electron chi connectivity index (χ3n) is 3.72. The fourth-order valence-electron chi connectivity index (χ4n) is 2.35. The Hall–Kier alpha value is -2.34. The van der Waals surface area contributed by atoms with Crippen LogP contribution in [0.15, 0.2) is 34.9 Å². The average molecular weight is 316 g/mol. The molecule has 0 bridgehead atoms. The number of aromatic nitrogens is 1. The van der Waals surface area contributed by atoms with Crippen LogP contribution in [-0.2, 0) is 6.42 Å². The molecule has 124 valence electrons. The smallest absolute Gasteiger partial charge is 0.320 e. The largest absolute Gasteiger partial charge is 0.360 e. The lowest BCUT2D eigenvalue weighted by Gasteiger charge is -2.25. The second-order valence-electron chi connectivity index (χ2n) is 5.73. The summed E-state index contributed by atoms with van der Waals surface area (Å²) in [4.78, 5) is 14.0. The quantitative estimate of drug-likeness (QED) is 0.859. The summed E-state index contributed by atoms with van der Waals surface area (Å²) < 4.78 is 4.92. The van der Waals surface area contributed by atoms with Crippen molar-refractivity contribution in [3.8, 4) is 0 Å². The van der Waals surface area contributed by atoms with Gasteiger partial charge < -0.3 is 14.7 Å². The number of anilines is 1. The Bertz CT molecular complexity index is 634. The minimum atomic E-state index is -0.296. The molecule has 1 unspecified atom stereocenters. The minimum Gasteiger partial charge on any atom is -0.360 e. The van der Waals surface area contributed by atoms with Gasteiger partial charge in [-0.05, 0) is 38.6 Å². The van der Waals surface area contributed by atoms with Crippen LogP contribution >= 0.6 is 0 Å². The van der Waals surface area contributed by atoms with Crippen LogP contribution < -0.4 is 10.6 Å². The van der Waals surface area contributed by atoms with Crippen LogP contribution in [0.25, 0.3) is 0 Å². The first kappa shape index (κ1) is 17.0. The molecule has 0 aliphatic carbocycles. The zero-order valence-electron chi connectivity index (χ0n) is 14.1. The molecule has 2 rings (SSSR count). The molecule has 1 aromatic heterocycles. The number of hydrogen-bond donors (Lipinski definition) is 2. The van der Waals surface area contributed by atoms with Crippen LogP contribution in [0.2, 0.25) is 0 Å². The van der Waals surface area contributed by atoms with Gasteiger partial charge in [-0.2, -0.15) is 0 Å². The van der Waals surface area contributed by atoms with Crippen molar-refractivity contribution in [3.05, 3.63) is 47.2 Å². The summed E-state index contributed by atoms with van der Waals surface area (Å²) in [7, 11) is 4.00. The molecule has 1 aromatic carbocycles. The Morgan fingerprint density at radius 2 is 2.00 bits per heavy atom. The van der Waals surface area contributed by atoms with E-state index in [0.29, 0.717) is 18.1 Å². The number of carbonyl (C=O) groups excluding carboxylic acids is 1. The molecule has 6 heteroatoms. The number of likely N-dealkylation sites (N-methyl/N-ethyl adjacent to an activating group) is 1. The predicted octanol–water partition coefficient (Wildman–Crippen LogP) is 2.97. The lowest BCUT2D eigenvalue weighted by Crippen LogP contribution is -2.36. The lowest BCUT2D eigenvalue weighted by molar-refractivity contribution is 0.243. The number of amides is 2. The molecule has 1 atom stereocenters. The van der Waals surface area contributed by atoms with Crippen molar-refractivity contribution in [2.24, 2.45) is 0 Å². The third kappa shape index (κ3) is 4.82. The van der Waals surface area contributed by atoms with E-state index >= 15 is 0 Å². The van der Waals surface area contributed by atoms with Crippen molar-refractivity contribution in [1.29, 1.82) is 0 Å². The summed E-state index contributed by atoms with van der Waals surface area (Å²) in [6.45, 7) is 4.41. The summed E-state index contributed by atoms with van der Waals surface area (Å²) in [5, 5.41) is 9.27. The molecule has 0 radical (unpaired) electrons. The summed E-state index contributed by atoms with van der Waals surface area (Å²) >= 11 is 0.